The molecular formula is C20H31BrO3. The topological polar surface area (TPSA) is 35.5 Å². The molecule has 4 heteroatoms. The molecule has 1 aromatic rings. The number of ether oxygens (including phenoxy) is 2. The second-order valence-corrected chi connectivity index (χ2v) is 8.79. The Morgan fingerprint density at radius 3 is 2.29 bits per heavy atom. The highest BCUT2D eigenvalue weighted by Gasteiger charge is 2.34. The lowest BCUT2D eigenvalue weighted by atomic mass is 9.81. The Kier molecular flexibility index (Phi) is 7.94. The van der Waals surface area contributed by atoms with Gasteiger partial charge in [0, 0.05) is 5.33 Å². The molecule has 0 N–H and O–H groups in total. The Morgan fingerprint density at radius 1 is 1.12 bits per heavy atom. The number of benzene rings is 1. The van der Waals surface area contributed by atoms with Crippen LogP contribution in [0.2, 0.25) is 0 Å². The van der Waals surface area contributed by atoms with Crippen molar-refractivity contribution in [1.29, 1.82) is 0 Å². The summed E-state index contributed by atoms with van der Waals surface area (Å²) in [7, 11) is 0. The van der Waals surface area contributed by atoms with Gasteiger partial charge in [0.2, 0.25) is 0 Å². The van der Waals surface area contributed by atoms with Crippen molar-refractivity contribution in [2.45, 2.75) is 58.9 Å². The van der Waals surface area contributed by atoms with Crippen molar-refractivity contribution in [2.24, 2.45) is 11.3 Å². The van der Waals surface area contributed by atoms with E-state index in [1.54, 1.807) is 0 Å². The van der Waals surface area contributed by atoms with Crippen LogP contribution in [-0.2, 0) is 26.0 Å². The first-order chi connectivity index (χ1) is 11.0. The van der Waals surface area contributed by atoms with Crippen molar-refractivity contribution in [1.82, 2.24) is 0 Å². The van der Waals surface area contributed by atoms with Crippen molar-refractivity contribution >= 4 is 21.9 Å². The number of hydrogen-bond donors (Lipinski definition) is 0. The van der Waals surface area contributed by atoms with Crippen LogP contribution >= 0.6 is 15.9 Å². The summed E-state index contributed by atoms with van der Waals surface area (Å²) in [5.74, 6) is -0.457. The van der Waals surface area contributed by atoms with Gasteiger partial charge in [0.25, 0.3) is 0 Å². The molecule has 0 heterocycles. The maximum absolute atomic E-state index is 12.4. The van der Waals surface area contributed by atoms with Crippen LogP contribution in [0, 0.1) is 11.3 Å². The lowest BCUT2D eigenvalue weighted by molar-refractivity contribution is -0.166. The van der Waals surface area contributed by atoms with Gasteiger partial charge in [-0.15, -0.1) is 0 Å². The van der Waals surface area contributed by atoms with Gasteiger partial charge in [-0.2, -0.15) is 0 Å². The van der Waals surface area contributed by atoms with E-state index >= 15 is 0 Å². The van der Waals surface area contributed by atoms with Crippen LogP contribution in [0.25, 0.3) is 0 Å². The molecule has 0 saturated heterocycles. The molecule has 0 aliphatic heterocycles. The normalized spacial score (nSPS) is 13.6. The van der Waals surface area contributed by atoms with E-state index in [-0.39, 0.29) is 17.3 Å². The number of carbonyl (C=O) groups excluding carboxylic acids is 1. The van der Waals surface area contributed by atoms with Gasteiger partial charge >= 0.3 is 5.97 Å². The number of hydrogen-bond acceptors (Lipinski definition) is 3. The predicted octanol–water partition coefficient (Wildman–Crippen LogP) is 5.14. The van der Waals surface area contributed by atoms with Crippen LogP contribution in [0.4, 0.5) is 0 Å². The van der Waals surface area contributed by atoms with Crippen molar-refractivity contribution < 1.29 is 14.3 Å². The average molecular weight is 399 g/mol. The molecule has 0 amide bonds. The van der Waals surface area contributed by atoms with Crippen LogP contribution in [-0.4, -0.2) is 24.8 Å². The molecule has 0 bridgehead atoms. The molecular weight excluding hydrogens is 368 g/mol. The van der Waals surface area contributed by atoms with E-state index < -0.39 is 5.60 Å². The van der Waals surface area contributed by atoms with E-state index in [1.165, 1.54) is 11.1 Å². The lowest BCUT2D eigenvalue weighted by Gasteiger charge is -2.31. The first-order valence-electron chi connectivity index (χ1n) is 8.47. The number of rotatable bonds is 7. The predicted molar refractivity (Wildman–Crippen MR) is 102 cm³/mol. The highest BCUT2D eigenvalue weighted by atomic mass is 79.9. The third-order valence-electron chi connectivity index (χ3n) is 3.70. The van der Waals surface area contributed by atoms with Crippen molar-refractivity contribution in [3.63, 3.8) is 0 Å². The van der Waals surface area contributed by atoms with E-state index in [9.17, 15) is 4.79 Å². The minimum atomic E-state index is -0.475. The van der Waals surface area contributed by atoms with Gasteiger partial charge < -0.3 is 9.47 Å². The molecule has 0 fully saturated rings. The standard InChI is InChI=1S/C20H31BrO3/c1-19(2,3)17(18(22)24-20(4,5)6)14-23-11-10-15-8-7-9-16(12-15)13-21/h7-9,12,17H,10-11,13-14H2,1-6H3. The van der Waals surface area contributed by atoms with Crippen molar-refractivity contribution in [3.8, 4) is 0 Å². The maximum atomic E-state index is 12.4. The van der Waals surface area contributed by atoms with Crippen LogP contribution < -0.4 is 0 Å². The van der Waals surface area contributed by atoms with E-state index in [4.69, 9.17) is 9.47 Å². The molecule has 1 atom stereocenters. The molecule has 0 aliphatic rings. The van der Waals surface area contributed by atoms with Gasteiger partial charge in [-0.25, -0.2) is 0 Å². The Morgan fingerprint density at radius 2 is 1.75 bits per heavy atom. The first-order valence-corrected chi connectivity index (χ1v) is 9.59. The largest absolute Gasteiger partial charge is 0.460 e. The van der Waals surface area contributed by atoms with E-state index in [1.807, 2.05) is 41.5 Å². The molecule has 0 aromatic heterocycles. The van der Waals surface area contributed by atoms with Crippen molar-refractivity contribution in [2.75, 3.05) is 13.2 Å². The summed E-state index contributed by atoms with van der Waals surface area (Å²) in [6.07, 6.45) is 0.839. The summed E-state index contributed by atoms with van der Waals surface area (Å²) in [4.78, 5) is 12.4. The van der Waals surface area contributed by atoms with Crippen molar-refractivity contribution in [3.05, 3.63) is 35.4 Å². The smallest absolute Gasteiger partial charge is 0.312 e. The van der Waals surface area contributed by atoms with E-state index in [0.717, 1.165) is 11.8 Å². The van der Waals surface area contributed by atoms with Gasteiger partial charge in [0.15, 0.2) is 0 Å². The monoisotopic (exact) mass is 398 g/mol. The van der Waals surface area contributed by atoms with Gasteiger partial charge in [-0.05, 0) is 43.7 Å². The van der Waals surface area contributed by atoms with E-state index in [2.05, 4.69) is 40.2 Å². The fourth-order valence-corrected chi connectivity index (χ4v) is 2.65. The summed E-state index contributed by atoms with van der Waals surface area (Å²) >= 11 is 3.47. The summed E-state index contributed by atoms with van der Waals surface area (Å²) in [6, 6.07) is 8.43. The molecule has 136 valence electrons. The summed E-state index contributed by atoms with van der Waals surface area (Å²) in [6.45, 7) is 12.8. The maximum Gasteiger partial charge on any atom is 0.312 e. The van der Waals surface area contributed by atoms with Crippen LogP contribution in [0.1, 0.15) is 52.7 Å². The molecule has 24 heavy (non-hydrogen) atoms. The highest BCUT2D eigenvalue weighted by molar-refractivity contribution is 9.08. The second-order valence-electron chi connectivity index (χ2n) is 8.23. The Hall–Kier alpha value is -0.870. The number of carbonyl (C=O) groups is 1. The average Bonchev–Trinajstić information content (AvgIpc) is 2.43. The molecule has 0 saturated carbocycles. The third-order valence-corrected chi connectivity index (χ3v) is 4.35. The quantitative estimate of drug-likeness (QED) is 0.362. The third kappa shape index (κ3) is 7.80. The van der Waals surface area contributed by atoms with Gasteiger partial charge in [0.1, 0.15) is 5.60 Å². The number of alkyl halides is 1. The van der Waals surface area contributed by atoms with Crippen LogP contribution in [0.5, 0.6) is 0 Å². The van der Waals surface area contributed by atoms with Gasteiger partial charge in [-0.3, -0.25) is 4.79 Å². The lowest BCUT2D eigenvalue weighted by Crippen LogP contribution is -2.38. The van der Waals surface area contributed by atoms with Gasteiger partial charge in [-0.1, -0.05) is 61.0 Å². The molecule has 1 aromatic carbocycles. The summed E-state index contributed by atoms with van der Waals surface area (Å²) < 4.78 is 11.4. The summed E-state index contributed by atoms with van der Waals surface area (Å²) in [5, 5.41) is 0.854. The zero-order valence-electron chi connectivity index (χ0n) is 15.8. The Balaban J connectivity index is 2.55. The van der Waals surface area contributed by atoms with Gasteiger partial charge in [0.05, 0.1) is 19.1 Å². The fourth-order valence-electron chi connectivity index (χ4n) is 2.30. The van der Waals surface area contributed by atoms with Crippen LogP contribution in [0.15, 0.2) is 24.3 Å². The highest BCUT2D eigenvalue weighted by Crippen LogP contribution is 2.29. The Labute approximate surface area is 155 Å². The SMILES string of the molecule is CC(C)(C)OC(=O)C(COCCc1cccc(CBr)c1)C(C)(C)C. The van der Waals surface area contributed by atoms with Crippen LogP contribution in [0.3, 0.4) is 0 Å². The molecule has 0 aliphatic carbocycles. The summed E-state index contributed by atoms with van der Waals surface area (Å²) in [5.41, 5.74) is 1.83. The fraction of sp³-hybridized carbons (Fsp3) is 0.650. The molecule has 0 radical (unpaired) electrons. The zero-order chi connectivity index (χ0) is 18.4. The number of halogens is 1. The van der Waals surface area contributed by atoms with E-state index in [0.29, 0.717) is 13.2 Å². The number of esters is 1. The minimum absolute atomic E-state index is 0.184. The molecule has 1 rings (SSSR count). The zero-order valence-corrected chi connectivity index (χ0v) is 17.4. The molecule has 3 nitrogen and oxygen atoms in total. The molecule has 1 unspecified atom stereocenters. The first kappa shape index (κ1) is 21.2. The molecule has 0 spiro atoms. The minimum Gasteiger partial charge on any atom is -0.460 e. The Bertz CT molecular complexity index is 526. The second kappa shape index (κ2) is 9.00.